The molecule has 0 spiro atoms. The first-order chi connectivity index (χ1) is 10.4. The number of nitrogens with zero attached hydrogens (tertiary/aromatic N) is 5. The van der Waals surface area contributed by atoms with Gasteiger partial charge in [-0.05, 0) is 26.3 Å². The molecular formula is C13H18N6O3. The standard InChI is InChI=1S/C13H18N6O3/c1-9-7-10(2)18(16-9)6-4-5-14-13(20)12-11(19(21)22)8-15-17(12)3/h7-8H,4-6H2,1-3H3,(H,14,20). The van der Waals surface area contributed by atoms with Crippen LogP contribution in [0.2, 0.25) is 0 Å². The van der Waals surface area contributed by atoms with E-state index in [0.29, 0.717) is 19.5 Å². The van der Waals surface area contributed by atoms with E-state index < -0.39 is 10.8 Å². The van der Waals surface area contributed by atoms with Crippen molar-refractivity contribution >= 4 is 11.6 Å². The van der Waals surface area contributed by atoms with Gasteiger partial charge in [0.15, 0.2) is 0 Å². The van der Waals surface area contributed by atoms with E-state index in [0.717, 1.165) is 17.6 Å². The van der Waals surface area contributed by atoms with E-state index in [2.05, 4.69) is 15.5 Å². The van der Waals surface area contributed by atoms with Crippen molar-refractivity contribution in [2.45, 2.75) is 26.8 Å². The largest absolute Gasteiger partial charge is 0.350 e. The van der Waals surface area contributed by atoms with E-state index in [1.807, 2.05) is 24.6 Å². The Morgan fingerprint density at radius 1 is 1.45 bits per heavy atom. The van der Waals surface area contributed by atoms with Gasteiger partial charge < -0.3 is 5.32 Å². The number of carbonyl (C=O) groups is 1. The third-order valence-electron chi connectivity index (χ3n) is 3.27. The Labute approximate surface area is 127 Å². The highest BCUT2D eigenvalue weighted by atomic mass is 16.6. The Morgan fingerprint density at radius 2 is 2.18 bits per heavy atom. The fourth-order valence-corrected chi connectivity index (χ4v) is 2.24. The minimum Gasteiger partial charge on any atom is -0.350 e. The first kappa shape index (κ1) is 15.7. The Hall–Kier alpha value is -2.71. The Kier molecular flexibility index (Phi) is 4.54. The van der Waals surface area contributed by atoms with Crippen molar-refractivity contribution in [2.24, 2.45) is 7.05 Å². The summed E-state index contributed by atoms with van der Waals surface area (Å²) in [6.45, 7) is 4.97. The number of nitro groups is 1. The van der Waals surface area contributed by atoms with Gasteiger partial charge in [-0.1, -0.05) is 0 Å². The number of amides is 1. The molecule has 0 radical (unpaired) electrons. The Bertz CT molecular complexity index is 703. The first-order valence-corrected chi connectivity index (χ1v) is 6.85. The van der Waals surface area contributed by atoms with E-state index in [1.54, 1.807) is 0 Å². The molecule has 0 fully saturated rings. The molecule has 0 bridgehead atoms. The molecule has 2 aromatic heterocycles. The first-order valence-electron chi connectivity index (χ1n) is 6.85. The number of hydrogen-bond acceptors (Lipinski definition) is 5. The monoisotopic (exact) mass is 306 g/mol. The number of hydrogen-bond donors (Lipinski definition) is 1. The van der Waals surface area contributed by atoms with Gasteiger partial charge in [-0.25, -0.2) is 0 Å². The van der Waals surface area contributed by atoms with E-state index in [1.165, 1.54) is 11.7 Å². The van der Waals surface area contributed by atoms with E-state index >= 15 is 0 Å². The van der Waals surface area contributed by atoms with Crippen LogP contribution in [-0.2, 0) is 13.6 Å². The summed E-state index contributed by atoms with van der Waals surface area (Å²) in [4.78, 5) is 22.3. The molecule has 0 saturated carbocycles. The molecule has 1 amide bonds. The molecule has 0 aromatic carbocycles. The normalized spacial score (nSPS) is 10.7. The average Bonchev–Trinajstić information content (AvgIpc) is 2.97. The molecule has 0 aliphatic heterocycles. The number of aryl methyl sites for hydroxylation is 4. The summed E-state index contributed by atoms with van der Waals surface area (Å²) in [7, 11) is 1.50. The quantitative estimate of drug-likeness (QED) is 0.486. The van der Waals surface area contributed by atoms with Crippen LogP contribution in [0.1, 0.15) is 28.3 Å². The van der Waals surface area contributed by atoms with Crippen LogP contribution >= 0.6 is 0 Å². The summed E-state index contributed by atoms with van der Waals surface area (Å²) in [5.41, 5.74) is 1.67. The lowest BCUT2D eigenvalue weighted by atomic mass is 10.3. The van der Waals surface area contributed by atoms with Gasteiger partial charge in [0.1, 0.15) is 6.20 Å². The fourth-order valence-electron chi connectivity index (χ4n) is 2.24. The van der Waals surface area contributed by atoms with Crippen LogP contribution in [0.15, 0.2) is 12.3 Å². The van der Waals surface area contributed by atoms with Crippen LogP contribution in [0.4, 0.5) is 5.69 Å². The van der Waals surface area contributed by atoms with Crippen molar-refractivity contribution in [1.29, 1.82) is 0 Å². The minimum atomic E-state index is -0.613. The van der Waals surface area contributed by atoms with Crippen molar-refractivity contribution in [1.82, 2.24) is 24.9 Å². The second-order valence-corrected chi connectivity index (χ2v) is 5.02. The van der Waals surface area contributed by atoms with Crippen molar-refractivity contribution in [3.05, 3.63) is 39.5 Å². The maximum atomic E-state index is 12.0. The van der Waals surface area contributed by atoms with Crippen LogP contribution in [-0.4, -0.2) is 36.9 Å². The molecule has 2 rings (SSSR count). The summed E-state index contributed by atoms with van der Waals surface area (Å²) in [5, 5.41) is 21.6. The lowest BCUT2D eigenvalue weighted by Gasteiger charge is -2.06. The van der Waals surface area contributed by atoms with Gasteiger partial charge in [0.25, 0.3) is 5.91 Å². The molecule has 22 heavy (non-hydrogen) atoms. The highest BCUT2D eigenvalue weighted by Crippen LogP contribution is 2.16. The fraction of sp³-hybridized carbons (Fsp3) is 0.462. The Morgan fingerprint density at radius 3 is 2.77 bits per heavy atom. The van der Waals surface area contributed by atoms with Gasteiger partial charge in [-0.2, -0.15) is 10.2 Å². The average molecular weight is 306 g/mol. The zero-order valence-corrected chi connectivity index (χ0v) is 12.7. The van der Waals surface area contributed by atoms with Crippen LogP contribution in [0, 0.1) is 24.0 Å². The SMILES string of the molecule is Cc1cc(C)n(CCCNC(=O)c2c([N+](=O)[O-])cnn2C)n1. The summed E-state index contributed by atoms with van der Waals surface area (Å²) in [6.07, 6.45) is 1.75. The second kappa shape index (κ2) is 6.37. The predicted octanol–water partition coefficient (Wildman–Crippen LogP) is 0.962. The summed E-state index contributed by atoms with van der Waals surface area (Å²) in [5.74, 6) is -0.500. The number of carbonyl (C=O) groups excluding carboxylic acids is 1. The second-order valence-electron chi connectivity index (χ2n) is 5.02. The summed E-state index contributed by atoms with van der Waals surface area (Å²) in [6, 6.07) is 1.98. The zero-order chi connectivity index (χ0) is 16.3. The van der Waals surface area contributed by atoms with Gasteiger partial charge in [0.05, 0.1) is 10.6 Å². The van der Waals surface area contributed by atoms with Gasteiger partial charge >= 0.3 is 5.69 Å². The molecule has 0 unspecified atom stereocenters. The van der Waals surface area contributed by atoms with Gasteiger partial charge in [0.2, 0.25) is 5.69 Å². The maximum Gasteiger partial charge on any atom is 0.320 e. The molecular weight excluding hydrogens is 288 g/mol. The minimum absolute atomic E-state index is 0.0453. The zero-order valence-electron chi connectivity index (χ0n) is 12.7. The third-order valence-corrected chi connectivity index (χ3v) is 3.27. The molecule has 2 heterocycles. The van der Waals surface area contributed by atoms with E-state index in [-0.39, 0.29) is 11.4 Å². The maximum absolute atomic E-state index is 12.0. The molecule has 0 aliphatic rings. The Balaban J connectivity index is 1.90. The van der Waals surface area contributed by atoms with Crippen molar-refractivity contribution < 1.29 is 9.72 Å². The van der Waals surface area contributed by atoms with Crippen LogP contribution in [0.3, 0.4) is 0 Å². The topological polar surface area (TPSA) is 108 Å². The third kappa shape index (κ3) is 3.30. The van der Waals surface area contributed by atoms with Crippen LogP contribution in [0.25, 0.3) is 0 Å². The lowest BCUT2D eigenvalue weighted by Crippen LogP contribution is -2.28. The summed E-state index contributed by atoms with van der Waals surface area (Å²) >= 11 is 0. The predicted molar refractivity (Wildman–Crippen MR) is 78.5 cm³/mol. The lowest BCUT2D eigenvalue weighted by molar-refractivity contribution is -0.385. The molecule has 0 atom stereocenters. The van der Waals surface area contributed by atoms with Gasteiger partial charge in [0, 0.05) is 25.8 Å². The summed E-state index contributed by atoms with van der Waals surface area (Å²) < 4.78 is 3.07. The molecule has 9 heteroatoms. The molecule has 118 valence electrons. The molecule has 2 aromatic rings. The van der Waals surface area contributed by atoms with Crippen molar-refractivity contribution in [2.75, 3.05) is 6.54 Å². The van der Waals surface area contributed by atoms with Crippen molar-refractivity contribution in [3.63, 3.8) is 0 Å². The number of rotatable bonds is 6. The van der Waals surface area contributed by atoms with E-state index in [9.17, 15) is 14.9 Å². The smallest absolute Gasteiger partial charge is 0.320 e. The highest BCUT2D eigenvalue weighted by Gasteiger charge is 2.24. The molecule has 1 N–H and O–H groups in total. The molecule has 9 nitrogen and oxygen atoms in total. The highest BCUT2D eigenvalue weighted by molar-refractivity contribution is 5.96. The van der Waals surface area contributed by atoms with Gasteiger partial charge in [-0.3, -0.25) is 24.3 Å². The number of aromatic nitrogens is 4. The van der Waals surface area contributed by atoms with Gasteiger partial charge in [-0.15, -0.1) is 0 Å². The molecule has 0 saturated heterocycles. The van der Waals surface area contributed by atoms with Crippen molar-refractivity contribution in [3.8, 4) is 0 Å². The number of nitrogens with one attached hydrogen (secondary N) is 1. The van der Waals surface area contributed by atoms with Crippen LogP contribution in [0.5, 0.6) is 0 Å². The molecule has 0 aliphatic carbocycles. The van der Waals surface area contributed by atoms with Crippen LogP contribution < -0.4 is 5.32 Å². The van der Waals surface area contributed by atoms with E-state index in [4.69, 9.17) is 0 Å².